The van der Waals surface area contributed by atoms with Gasteiger partial charge in [-0.15, -0.1) is 0 Å². The molecule has 1 unspecified atom stereocenters. The van der Waals surface area contributed by atoms with E-state index in [2.05, 4.69) is 5.32 Å². The first kappa shape index (κ1) is 17.0. The van der Waals surface area contributed by atoms with E-state index in [1.165, 1.54) is 0 Å². The third kappa shape index (κ3) is 3.52. The lowest BCUT2D eigenvalue weighted by atomic mass is 9.79. The number of cyclic esters (lactones) is 1. The summed E-state index contributed by atoms with van der Waals surface area (Å²) >= 11 is 0. The zero-order chi connectivity index (χ0) is 17.4. The molecule has 5 nitrogen and oxygen atoms in total. The molecule has 0 radical (unpaired) electrons. The molecule has 1 N–H and O–H groups in total. The van der Waals surface area contributed by atoms with Gasteiger partial charge in [-0.3, -0.25) is 14.4 Å². The Balaban J connectivity index is 2.15. The molecule has 8 heteroatoms. The average Bonchev–Trinajstić information content (AvgIpc) is 2.43. The highest BCUT2D eigenvalue weighted by Crippen LogP contribution is 2.31. The van der Waals surface area contributed by atoms with E-state index in [0.717, 1.165) is 24.3 Å². The number of Topliss-reactive ketones (excluding diaryl/α,β-unsaturated/α-hetero) is 1. The lowest BCUT2D eigenvalue weighted by Crippen LogP contribution is -2.50. The monoisotopic (exact) mass is 329 g/mol. The summed E-state index contributed by atoms with van der Waals surface area (Å²) < 4.78 is 42.2. The minimum atomic E-state index is -4.49. The minimum absolute atomic E-state index is 0.0481. The summed E-state index contributed by atoms with van der Waals surface area (Å²) in [7, 11) is 0. The molecule has 1 aromatic carbocycles. The van der Waals surface area contributed by atoms with Gasteiger partial charge in [0.1, 0.15) is 6.61 Å². The van der Waals surface area contributed by atoms with Crippen LogP contribution in [0.1, 0.15) is 19.4 Å². The van der Waals surface area contributed by atoms with Crippen molar-refractivity contribution < 1.29 is 32.3 Å². The second kappa shape index (κ2) is 5.68. The maximum absolute atomic E-state index is 12.5. The molecule has 2 rings (SSSR count). The van der Waals surface area contributed by atoms with Crippen molar-refractivity contribution in [1.82, 2.24) is 0 Å². The molecule has 1 heterocycles. The van der Waals surface area contributed by atoms with E-state index in [0.29, 0.717) is 0 Å². The quantitative estimate of drug-likeness (QED) is 0.668. The van der Waals surface area contributed by atoms with Crippen molar-refractivity contribution in [2.45, 2.75) is 20.0 Å². The molecular formula is C15H14F3NO4. The third-order valence-corrected chi connectivity index (χ3v) is 3.48. The van der Waals surface area contributed by atoms with Crippen LogP contribution in [0.4, 0.5) is 18.9 Å². The first-order valence-electron chi connectivity index (χ1n) is 6.71. The largest absolute Gasteiger partial charge is 0.464 e. The molecule has 1 aromatic rings. The van der Waals surface area contributed by atoms with Gasteiger partial charge in [-0.05, 0) is 38.1 Å². The number of hydrogen-bond donors (Lipinski definition) is 1. The number of rotatable bonds is 2. The van der Waals surface area contributed by atoms with Crippen molar-refractivity contribution in [2.24, 2.45) is 11.3 Å². The van der Waals surface area contributed by atoms with Crippen LogP contribution in [0.25, 0.3) is 0 Å². The number of amides is 1. The summed E-state index contributed by atoms with van der Waals surface area (Å²) in [4.78, 5) is 35.9. The molecule has 1 saturated heterocycles. The summed E-state index contributed by atoms with van der Waals surface area (Å²) in [5, 5.41) is 2.26. The van der Waals surface area contributed by atoms with Gasteiger partial charge in [0.05, 0.1) is 11.0 Å². The second-order valence-electron chi connectivity index (χ2n) is 5.85. The molecule has 1 fully saturated rings. The number of alkyl halides is 3. The number of hydrogen-bond acceptors (Lipinski definition) is 4. The van der Waals surface area contributed by atoms with E-state index in [9.17, 15) is 27.6 Å². The molecule has 0 bridgehead atoms. The predicted octanol–water partition coefficient (Wildman–Crippen LogP) is 2.41. The molecular weight excluding hydrogens is 315 g/mol. The molecule has 0 aliphatic carbocycles. The highest BCUT2D eigenvalue weighted by atomic mass is 19.4. The maximum atomic E-state index is 12.5. The van der Waals surface area contributed by atoms with E-state index in [-0.39, 0.29) is 12.3 Å². The number of ketones is 1. The Labute approximate surface area is 129 Å². The van der Waals surface area contributed by atoms with E-state index in [1.807, 2.05) is 0 Å². The van der Waals surface area contributed by atoms with Gasteiger partial charge in [-0.2, -0.15) is 13.2 Å². The Bertz CT molecular complexity index is 650. The number of nitrogens with one attached hydrogen (secondary N) is 1. The lowest BCUT2D eigenvalue weighted by Gasteiger charge is -2.31. The number of halogens is 3. The molecule has 124 valence electrons. The van der Waals surface area contributed by atoms with Gasteiger partial charge >= 0.3 is 12.1 Å². The number of carbonyl (C=O) groups is 3. The summed E-state index contributed by atoms with van der Waals surface area (Å²) in [5.41, 5.74) is -1.81. The highest BCUT2D eigenvalue weighted by molar-refractivity contribution is 6.22. The minimum Gasteiger partial charge on any atom is -0.464 e. The van der Waals surface area contributed by atoms with Crippen molar-refractivity contribution in [3.8, 4) is 0 Å². The van der Waals surface area contributed by atoms with Crippen molar-refractivity contribution in [2.75, 3.05) is 11.9 Å². The Hall–Kier alpha value is -2.38. The van der Waals surface area contributed by atoms with E-state index < -0.39 is 40.7 Å². The molecule has 0 spiro atoms. The fourth-order valence-electron chi connectivity index (χ4n) is 2.09. The predicted molar refractivity (Wildman–Crippen MR) is 73.3 cm³/mol. The fraction of sp³-hybridized carbons (Fsp3) is 0.400. The first-order chi connectivity index (χ1) is 10.5. The normalized spacial score (nSPS) is 20.8. The van der Waals surface area contributed by atoms with Crippen LogP contribution in [0, 0.1) is 11.3 Å². The number of anilines is 1. The van der Waals surface area contributed by atoms with Gasteiger partial charge in [-0.1, -0.05) is 0 Å². The summed E-state index contributed by atoms with van der Waals surface area (Å²) in [5.74, 6) is -4.09. The van der Waals surface area contributed by atoms with Crippen molar-refractivity contribution in [1.29, 1.82) is 0 Å². The van der Waals surface area contributed by atoms with Gasteiger partial charge in [0.2, 0.25) is 5.91 Å². The van der Waals surface area contributed by atoms with Crippen LogP contribution in [0.5, 0.6) is 0 Å². The Morgan fingerprint density at radius 1 is 1.22 bits per heavy atom. The summed E-state index contributed by atoms with van der Waals surface area (Å²) in [6.45, 7) is 2.97. The van der Waals surface area contributed by atoms with Crippen LogP contribution in [-0.2, 0) is 25.3 Å². The van der Waals surface area contributed by atoms with Crippen LogP contribution in [0.2, 0.25) is 0 Å². The fourth-order valence-corrected chi connectivity index (χ4v) is 2.09. The SMILES string of the molecule is CC1(C)COC(=O)C(C(=O)Nc2ccc(C(F)(F)F)cc2)C1=O. The molecule has 1 amide bonds. The second-order valence-corrected chi connectivity index (χ2v) is 5.85. The Morgan fingerprint density at radius 2 is 1.78 bits per heavy atom. The lowest BCUT2D eigenvalue weighted by molar-refractivity contribution is -0.168. The number of carbonyl (C=O) groups excluding carboxylic acids is 3. The molecule has 0 saturated carbocycles. The molecule has 1 atom stereocenters. The molecule has 23 heavy (non-hydrogen) atoms. The van der Waals surface area contributed by atoms with Gasteiger partial charge in [0.25, 0.3) is 0 Å². The maximum Gasteiger partial charge on any atom is 0.416 e. The highest BCUT2D eigenvalue weighted by Gasteiger charge is 2.48. The Kier molecular flexibility index (Phi) is 4.19. The van der Waals surface area contributed by atoms with Crippen molar-refractivity contribution in [3.05, 3.63) is 29.8 Å². The molecule has 0 aromatic heterocycles. The van der Waals surface area contributed by atoms with E-state index in [1.54, 1.807) is 13.8 Å². The van der Waals surface area contributed by atoms with Crippen LogP contribution >= 0.6 is 0 Å². The first-order valence-corrected chi connectivity index (χ1v) is 6.71. The van der Waals surface area contributed by atoms with Crippen LogP contribution < -0.4 is 5.32 Å². The summed E-state index contributed by atoms with van der Waals surface area (Å²) in [6.07, 6.45) is -4.49. The smallest absolute Gasteiger partial charge is 0.416 e. The van der Waals surface area contributed by atoms with Crippen LogP contribution in [0.15, 0.2) is 24.3 Å². The van der Waals surface area contributed by atoms with Gasteiger partial charge in [-0.25, -0.2) is 0 Å². The van der Waals surface area contributed by atoms with Gasteiger partial charge in [0.15, 0.2) is 11.7 Å². The number of ether oxygens (including phenoxy) is 1. The Morgan fingerprint density at radius 3 is 2.30 bits per heavy atom. The van der Waals surface area contributed by atoms with Crippen LogP contribution in [-0.4, -0.2) is 24.3 Å². The van der Waals surface area contributed by atoms with E-state index >= 15 is 0 Å². The third-order valence-electron chi connectivity index (χ3n) is 3.48. The zero-order valence-corrected chi connectivity index (χ0v) is 12.4. The van der Waals surface area contributed by atoms with Crippen molar-refractivity contribution >= 4 is 23.3 Å². The van der Waals surface area contributed by atoms with Gasteiger partial charge in [0, 0.05) is 5.69 Å². The summed E-state index contributed by atoms with van der Waals surface area (Å²) in [6, 6.07) is 3.68. The average molecular weight is 329 g/mol. The zero-order valence-electron chi connectivity index (χ0n) is 12.4. The standard InChI is InChI=1S/C15H14F3NO4/c1-14(2)7-23-13(22)10(11(14)20)12(21)19-9-5-3-8(4-6-9)15(16,17)18/h3-6,10H,7H2,1-2H3,(H,19,21). The number of esters is 1. The molecule has 1 aliphatic rings. The number of benzene rings is 1. The topological polar surface area (TPSA) is 72.5 Å². The van der Waals surface area contributed by atoms with E-state index in [4.69, 9.17) is 4.74 Å². The van der Waals surface area contributed by atoms with Gasteiger partial charge < -0.3 is 10.1 Å². The van der Waals surface area contributed by atoms with Crippen molar-refractivity contribution in [3.63, 3.8) is 0 Å². The molecule has 1 aliphatic heterocycles. The van der Waals surface area contributed by atoms with Crippen LogP contribution in [0.3, 0.4) is 0 Å².